The van der Waals surface area contributed by atoms with Crippen LogP contribution in [0.4, 0.5) is 5.69 Å². The highest BCUT2D eigenvalue weighted by Gasteiger charge is 2.17. The lowest BCUT2D eigenvalue weighted by atomic mass is 10.1. The molecule has 0 heterocycles. The Morgan fingerprint density at radius 1 is 1.00 bits per heavy atom. The number of hydrogen-bond acceptors (Lipinski definition) is 6. The van der Waals surface area contributed by atoms with Crippen LogP contribution in [0.3, 0.4) is 0 Å². The second-order valence-corrected chi connectivity index (χ2v) is 8.26. The Hall–Kier alpha value is -3.00. The molecule has 8 heteroatoms. The zero-order chi connectivity index (χ0) is 22.8. The number of amides is 2. The molecule has 0 radical (unpaired) electrons. The fourth-order valence-electron chi connectivity index (χ4n) is 2.47. The molecule has 0 unspecified atom stereocenters. The third kappa shape index (κ3) is 7.97. The Morgan fingerprint density at radius 3 is 2.45 bits per heavy atom. The second-order valence-electron chi connectivity index (χ2n) is 7.24. The van der Waals surface area contributed by atoms with Crippen LogP contribution in [0.15, 0.2) is 53.4 Å². The van der Waals surface area contributed by atoms with Gasteiger partial charge in [0.25, 0.3) is 5.91 Å². The molecule has 0 saturated carbocycles. The Morgan fingerprint density at radius 2 is 1.74 bits per heavy atom. The van der Waals surface area contributed by atoms with E-state index in [1.165, 1.54) is 11.8 Å². The molecule has 0 bridgehead atoms. The normalized spacial score (nSPS) is 11.5. The van der Waals surface area contributed by atoms with Crippen molar-refractivity contribution in [2.75, 3.05) is 24.8 Å². The molecule has 0 aliphatic heterocycles. The molecule has 31 heavy (non-hydrogen) atoms. The average Bonchev–Trinajstić information content (AvgIpc) is 2.76. The second kappa shape index (κ2) is 12.0. The van der Waals surface area contributed by atoms with Gasteiger partial charge in [-0.05, 0) is 37.1 Å². The van der Waals surface area contributed by atoms with Gasteiger partial charge in [-0.25, -0.2) is 4.79 Å². The predicted octanol–water partition coefficient (Wildman–Crippen LogP) is 3.74. The molecule has 2 aromatic carbocycles. The van der Waals surface area contributed by atoms with E-state index in [0.717, 1.165) is 0 Å². The van der Waals surface area contributed by atoms with Gasteiger partial charge in [-0.15, -0.1) is 11.8 Å². The zero-order valence-electron chi connectivity index (χ0n) is 18.1. The smallest absolute Gasteiger partial charge is 0.339 e. The quantitative estimate of drug-likeness (QED) is 0.428. The summed E-state index contributed by atoms with van der Waals surface area (Å²) in [5.41, 5.74) is 0.936. The number of thioether (sulfide) groups is 1. The first-order valence-corrected chi connectivity index (χ1v) is 10.9. The molecular weight excluding hydrogens is 416 g/mol. The molecule has 2 rings (SSSR count). The number of carbonyl (C=O) groups excluding carboxylic acids is 3. The standard InChI is InChI=1S/C23H28N2O5S/c1-15(2)16(3)24-21(26)13-30-23(28)19-10-5-6-11-20(19)31-14-22(27)25-17-8-7-9-18(12-17)29-4/h5-12,15-16H,13-14H2,1-4H3,(H,24,26)(H,25,27)/t16-/m0/s1. The number of esters is 1. The molecule has 2 aromatic rings. The van der Waals surface area contributed by atoms with Crippen molar-refractivity contribution in [3.8, 4) is 5.75 Å². The van der Waals surface area contributed by atoms with Crippen molar-refractivity contribution in [2.45, 2.75) is 31.7 Å². The summed E-state index contributed by atoms with van der Waals surface area (Å²) < 4.78 is 10.3. The Balaban J connectivity index is 1.91. The van der Waals surface area contributed by atoms with E-state index < -0.39 is 5.97 Å². The van der Waals surface area contributed by atoms with Gasteiger partial charge in [0.05, 0.1) is 18.4 Å². The van der Waals surface area contributed by atoms with Crippen LogP contribution in [0, 0.1) is 5.92 Å². The number of methoxy groups -OCH3 is 1. The van der Waals surface area contributed by atoms with Crippen LogP contribution < -0.4 is 15.4 Å². The van der Waals surface area contributed by atoms with Crippen LogP contribution in [0.5, 0.6) is 5.75 Å². The molecule has 166 valence electrons. The van der Waals surface area contributed by atoms with E-state index in [-0.39, 0.29) is 36.1 Å². The number of nitrogens with one attached hydrogen (secondary N) is 2. The third-order valence-electron chi connectivity index (χ3n) is 4.54. The maximum atomic E-state index is 12.5. The number of carbonyl (C=O) groups is 3. The highest BCUT2D eigenvalue weighted by Crippen LogP contribution is 2.24. The summed E-state index contributed by atoms with van der Waals surface area (Å²) in [6, 6.07) is 13.9. The fourth-order valence-corrected chi connectivity index (χ4v) is 3.31. The first-order chi connectivity index (χ1) is 14.8. The van der Waals surface area contributed by atoms with Gasteiger partial charge in [0, 0.05) is 22.7 Å². The molecule has 2 amide bonds. The van der Waals surface area contributed by atoms with Gasteiger partial charge in [0.15, 0.2) is 6.61 Å². The molecule has 0 spiro atoms. The molecule has 0 aromatic heterocycles. The van der Waals surface area contributed by atoms with Crippen molar-refractivity contribution in [3.63, 3.8) is 0 Å². The molecule has 0 fully saturated rings. The Labute approximate surface area is 186 Å². The maximum Gasteiger partial charge on any atom is 0.339 e. The highest BCUT2D eigenvalue weighted by molar-refractivity contribution is 8.00. The summed E-state index contributed by atoms with van der Waals surface area (Å²) >= 11 is 1.22. The Kier molecular flexibility index (Phi) is 9.40. The average molecular weight is 445 g/mol. The van der Waals surface area contributed by atoms with E-state index in [0.29, 0.717) is 21.9 Å². The van der Waals surface area contributed by atoms with Crippen LogP contribution in [-0.4, -0.2) is 43.3 Å². The summed E-state index contributed by atoms with van der Waals surface area (Å²) in [6.45, 7) is 5.53. The van der Waals surface area contributed by atoms with Crippen molar-refractivity contribution >= 4 is 35.2 Å². The summed E-state index contributed by atoms with van der Waals surface area (Å²) in [5.74, 6) is -0.150. The van der Waals surface area contributed by atoms with Crippen molar-refractivity contribution < 1.29 is 23.9 Å². The largest absolute Gasteiger partial charge is 0.497 e. The van der Waals surface area contributed by atoms with E-state index in [2.05, 4.69) is 10.6 Å². The molecule has 0 aliphatic rings. The van der Waals surface area contributed by atoms with Gasteiger partial charge in [-0.2, -0.15) is 0 Å². The lowest BCUT2D eigenvalue weighted by Gasteiger charge is -2.17. The maximum absolute atomic E-state index is 12.5. The van der Waals surface area contributed by atoms with Gasteiger partial charge in [0.2, 0.25) is 5.91 Å². The molecule has 0 saturated heterocycles. The fraction of sp³-hybridized carbons (Fsp3) is 0.348. The number of rotatable bonds is 10. The zero-order valence-corrected chi connectivity index (χ0v) is 19.0. The first-order valence-electron chi connectivity index (χ1n) is 9.92. The molecule has 2 N–H and O–H groups in total. The molecule has 7 nitrogen and oxygen atoms in total. The number of hydrogen-bond donors (Lipinski definition) is 2. The summed E-state index contributed by atoms with van der Waals surface area (Å²) in [7, 11) is 1.56. The van der Waals surface area contributed by atoms with Crippen molar-refractivity contribution in [3.05, 3.63) is 54.1 Å². The minimum Gasteiger partial charge on any atom is -0.497 e. The van der Waals surface area contributed by atoms with Gasteiger partial charge in [-0.3, -0.25) is 9.59 Å². The lowest BCUT2D eigenvalue weighted by molar-refractivity contribution is -0.125. The van der Waals surface area contributed by atoms with Gasteiger partial charge >= 0.3 is 5.97 Å². The molecule has 0 aliphatic carbocycles. The SMILES string of the molecule is COc1cccc(NC(=O)CSc2ccccc2C(=O)OCC(=O)N[C@@H](C)C(C)C)c1. The van der Waals surface area contributed by atoms with Gasteiger partial charge < -0.3 is 20.1 Å². The highest BCUT2D eigenvalue weighted by atomic mass is 32.2. The van der Waals surface area contributed by atoms with Crippen molar-refractivity contribution in [1.82, 2.24) is 5.32 Å². The number of benzene rings is 2. The minimum atomic E-state index is -0.608. The van der Waals surface area contributed by atoms with Gasteiger partial charge in [-0.1, -0.05) is 32.0 Å². The van der Waals surface area contributed by atoms with Crippen LogP contribution in [0.25, 0.3) is 0 Å². The van der Waals surface area contributed by atoms with E-state index in [1.807, 2.05) is 20.8 Å². The first kappa shape index (κ1) is 24.3. The Bertz CT molecular complexity index is 916. The van der Waals surface area contributed by atoms with Crippen molar-refractivity contribution in [1.29, 1.82) is 0 Å². The van der Waals surface area contributed by atoms with Crippen molar-refractivity contribution in [2.24, 2.45) is 5.92 Å². The van der Waals surface area contributed by atoms with Crippen LogP contribution in [0.2, 0.25) is 0 Å². The number of anilines is 1. The topological polar surface area (TPSA) is 93.7 Å². The van der Waals surface area contributed by atoms with E-state index in [9.17, 15) is 14.4 Å². The molecular formula is C23H28N2O5S. The minimum absolute atomic E-state index is 0.0165. The lowest BCUT2D eigenvalue weighted by Crippen LogP contribution is -2.38. The van der Waals surface area contributed by atoms with Crippen LogP contribution in [0.1, 0.15) is 31.1 Å². The third-order valence-corrected chi connectivity index (χ3v) is 5.62. The monoisotopic (exact) mass is 444 g/mol. The molecule has 1 atom stereocenters. The van der Waals surface area contributed by atoms with E-state index in [4.69, 9.17) is 9.47 Å². The summed E-state index contributed by atoms with van der Waals surface area (Å²) in [5, 5.41) is 5.58. The summed E-state index contributed by atoms with van der Waals surface area (Å²) in [6.07, 6.45) is 0. The van der Waals surface area contributed by atoms with E-state index >= 15 is 0 Å². The summed E-state index contributed by atoms with van der Waals surface area (Å²) in [4.78, 5) is 37.3. The number of ether oxygens (including phenoxy) is 2. The van der Waals surface area contributed by atoms with Gasteiger partial charge in [0.1, 0.15) is 5.75 Å². The predicted molar refractivity (Wildman–Crippen MR) is 122 cm³/mol. The van der Waals surface area contributed by atoms with E-state index in [1.54, 1.807) is 55.6 Å². The van der Waals surface area contributed by atoms with Crippen LogP contribution in [-0.2, 0) is 14.3 Å². The van der Waals surface area contributed by atoms with Crippen LogP contribution >= 0.6 is 11.8 Å².